The molecule has 0 spiro atoms. The van der Waals surface area contributed by atoms with Gasteiger partial charge in [0, 0.05) is 23.5 Å². The molecule has 1 radical (unpaired) electrons. The van der Waals surface area contributed by atoms with Crippen molar-refractivity contribution in [3.8, 4) is 0 Å². The normalized spacial score (nSPS) is 13.0. The molecule has 28 heavy (non-hydrogen) atoms. The number of ether oxygens (including phenoxy) is 1. The first-order chi connectivity index (χ1) is 13.1. The van der Waals surface area contributed by atoms with E-state index in [9.17, 15) is 14.4 Å². The molecule has 167 valence electrons. The second-order valence-corrected chi connectivity index (χ2v) is 7.07. The van der Waals surface area contributed by atoms with Crippen molar-refractivity contribution in [2.24, 2.45) is 0 Å². The molecule has 1 heterocycles. The van der Waals surface area contributed by atoms with E-state index in [1.54, 1.807) is 0 Å². The second-order valence-electron chi connectivity index (χ2n) is 7.07. The number of aliphatic carboxylic acids is 1. The summed E-state index contributed by atoms with van der Waals surface area (Å²) in [6, 6.07) is 0. The van der Waals surface area contributed by atoms with Crippen LogP contribution in [0.5, 0.6) is 0 Å². The number of carbonyl (C=O) groups is 3. The Bertz CT molecular complexity index is 421. The smallest absolute Gasteiger partial charge is 0.314 e. The standard InChI is InChI=1S/C18H34O2.C4H4O3.Cu/c1-2-3-4-5-6-7-8-9-10-11-12-13-14-15-16-17-18(19)20;5-3-1-2-4(6)7-3;/h9-10H,2-8,11-17H2,1H3,(H,19,20);1-2H2;/b10-9-;;. The third-order valence-corrected chi connectivity index (χ3v) is 4.41. The van der Waals surface area contributed by atoms with Gasteiger partial charge in [-0.3, -0.25) is 14.4 Å². The molecule has 0 atom stereocenters. The molecule has 0 aromatic rings. The van der Waals surface area contributed by atoms with Crippen molar-refractivity contribution in [3.63, 3.8) is 0 Å². The Balaban J connectivity index is 0. The van der Waals surface area contributed by atoms with E-state index < -0.39 is 17.9 Å². The number of rotatable bonds is 15. The molecular formula is C22H38CuO5. The first kappa shape index (κ1) is 29.1. The van der Waals surface area contributed by atoms with Crippen molar-refractivity contribution >= 4 is 17.9 Å². The van der Waals surface area contributed by atoms with Crippen molar-refractivity contribution in [1.82, 2.24) is 0 Å². The van der Waals surface area contributed by atoms with Crippen molar-refractivity contribution in [3.05, 3.63) is 12.2 Å². The van der Waals surface area contributed by atoms with Gasteiger partial charge in [0.25, 0.3) is 0 Å². The number of unbranched alkanes of at least 4 members (excludes halogenated alkanes) is 11. The van der Waals surface area contributed by atoms with Crippen LogP contribution in [0.15, 0.2) is 12.2 Å². The van der Waals surface area contributed by atoms with Gasteiger partial charge in [0.15, 0.2) is 0 Å². The van der Waals surface area contributed by atoms with Crippen LogP contribution in [0, 0.1) is 0 Å². The Labute approximate surface area is 181 Å². The fourth-order valence-electron chi connectivity index (χ4n) is 2.78. The summed E-state index contributed by atoms with van der Waals surface area (Å²) in [4.78, 5) is 30.3. The van der Waals surface area contributed by atoms with Crippen LogP contribution >= 0.6 is 0 Å². The molecule has 1 aliphatic rings. The minimum absolute atomic E-state index is 0. The Hall–Kier alpha value is -1.13. The Kier molecular flexibility index (Phi) is 23.0. The van der Waals surface area contributed by atoms with Gasteiger partial charge in [-0.1, -0.05) is 70.4 Å². The Morgan fingerprint density at radius 1 is 0.821 bits per heavy atom. The molecule has 1 fully saturated rings. The largest absolute Gasteiger partial charge is 0.481 e. The summed E-state index contributed by atoms with van der Waals surface area (Å²) >= 11 is 0. The van der Waals surface area contributed by atoms with E-state index in [4.69, 9.17) is 5.11 Å². The summed E-state index contributed by atoms with van der Waals surface area (Å²) in [7, 11) is 0. The van der Waals surface area contributed by atoms with Gasteiger partial charge in [-0.2, -0.15) is 0 Å². The first-order valence-corrected chi connectivity index (χ1v) is 10.7. The maximum absolute atomic E-state index is 10.3. The SMILES string of the molecule is CCCCCCCC/C=C\CCCCCCCC(=O)O.O=C1CCC(=O)O1.[Cu]. The van der Waals surface area contributed by atoms with Crippen LogP contribution in [-0.4, -0.2) is 23.0 Å². The quantitative estimate of drug-likeness (QED) is 0.111. The molecule has 1 aliphatic heterocycles. The minimum Gasteiger partial charge on any atom is -0.481 e. The first-order valence-electron chi connectivity index (χ1n) is 10.7. The van der Waals surface area contributed by atoms with Gasteiger partial charge in [-0.05, 0) is 32.1 Å². The van der Waals surface area contributed by atoms with Gasteiger partial charge in [-0.25, -0.2) is 0 Å². The Morgan fingerprint density at radius 2 is 1.25 bits per heavy atom. The molecule has 0 saturated carbocycles. The summed E-state index contributed by atoms with van der Waals surface area (Å²) in [5, 5.41) is 8.51. The minimum atomic E-state index is -0.664. The summed E-state index contributed by atoms with van der Waals surface area (Å²) in [5.41, 5.74) is 0. The van der Waals surface area contributed by atoms with Gasteiger partial charge < -0.3 is 9.84 Å². The number of cyclic esters (lactones) is 2. The molecule has 1 saturated heterocycles. The molecule has 1 rings (SSSR count). The molecule has 6 heteroatoms. The summed E-state index contributed by atoms with van der Waals surface area (Å²) in [6.07, 6.45) is 21.8. The molecule has 0 bridgehead atoms. The van der Waals surface area contributed by atoms with Crippen molar-refractivity contribution in [2.45, 2.75) is 110 Å². The van der Waals surface area contributed by atoms with Gasteiger partial charge >= 0.3 is 17.9 Å². The average molecular weight is 446 g/mol. The second kappa shape index (κ2) is 22.2. The third-order valence-electron chi connectivity index (χ3n) is 4.41. The average Bonchev–Trinajstić information content (AvgIpc) is 3.01. The number of allylic oxidation sites excluding steroid dienone is 2. The van der Waals surface area contributed by atoms with Gasteiger partial charge in [0.05, 0.1) is 12.8 Å². The monoisotopic (exact) mass is 445 g/mol. The van der Waals surface area contributed by atoms with Gasteiger partial charge in [0.1, 0.15) is 0 Å². The summed E-state index contributed by atoms with van der Waals surface area (Å²) in [6.45, 7) is 2.26. The zero-order valence-corrected chi connectivity index (χ0v) is 18.3. The third kappa shape index (κ3) is 22.9. The summed E-state index contributed by atoms with van der Waals surface area (Å²) in [5.74, 6) is -1.46. The molecule has 0 amide bonds. The fourth-order valence-corrected chi connectivity index (χ4v) is 2.78. The van der Waals surface area contributed by atoms with Crippen LogP contribution in [0.1, 0.15) is 110 Å². The predicted octanol–water partition coefficient (Wildman–Crippen LogP) is 5.96. The Morgan fingerprint density at radius 3 is 1.64 bits per heavy atom. The van der Waals surface area contributed by atoms with Gasteiger partial charge in [0.2, 0.25) is 0 Å². The van der Waals surface area contributed by atoms with E-state index in [1.165, 1.54) is 70.6 Å². The molecule has 0 aromatic heterocycles. The van der Waals surface area contributed by atoms with Gasteiger partial charge in [-0.15, -0.1) is 0 Å². The maximum atomic E-state index is 10.3. The molecule has 1 N–H and O–H groups in total. The molecule has 0 aromatic carbocycles. The maximum Gasteiger partial charge on any atom is 0.314 e. The molecule has 0 unspecified atom stereocenters. The van der Waals surface area contributed by atoms with Crippen LogP contribution in [0.3, 0.4) is 0 Å². The van der Waals surface area contributed by atoms with E-state index in [0.717, 1.165) is 12.8 Å². The molecule has 0 aliphatic carbocycles. The fraction of sp³-hybridized carbons (Fsp3) is 0.773. The van der Waals surface area contributed by atoms with Crippen molar-refractivity contribution in [2.75, 3.05) is 0 Å². The van der Waals surface area contributed by atoms with E-state index >= 15 is 0 Å². The zero-order chi connectivity index (χ0) is 20.2. The number of esters is 2. The molecule has 5 nitrogen and oxygen atoms in total. The van der Waals surface area contributed by atoms with Crippen LogP contribution < -0.4 is 0 Å². The zero-order valence-electron chi connectivity index (χ0n) is 17.4. The van der Waals surface area contributed by atoms with E-state index in [0.29, 0.717) is 6.42 Å². The number of carboxylic acids is 1. The summed E-state index contributed by atoms with van der Waals surface area (Å²) < 4.78 is 4.08. The number of carboxylic acid groups (broad SMARTS) is 1. The number of carbonyl (C=O) groups excluding carboxylic acids is 2. The van der Waals surface area contributed by atoms with Crippen LogP contribution in [0.25, 0.3) is 0 Å². The van der Waals surface area contributed by atoms with Crippen LogP contribution in [0.4, 0.5) is 0 Å². The topological polar surface area (TPSA) is 80.7 Å². The van der Waals surface area contributed by atoms with Crippen LogP contribution in [-0.2, 0) is 36.2 Å². The van der Waals surface area contributed by atoms with Crippen molar-refractivity contribution < 1.29 is 41.3 Å². The van der Waals surface area contributed by atoms with Crippen molar-refractivity contribution in [1.29, 1.82) is 0 Å². The van der Waals surface area contributed by atoms with E-state index in [1.807, 2.05) is 0 Å². The molecular weight excluding hydrogens is 408 g/mol. The number of hydrogen-bond acceptors (Lipinski definition) is 4. The van der Waals surface area contributed by atoms with E-state index in [-0.39, 0.29) is 29.9 Å². The van der Waals surface area contributed by atoms with Crippen LogP contribution in [0.2, 0.25) is 0 Å². The number of hydrogen-bond donors (Lipinski definition) is 1. The predicted molar refractivity (Wildman–Crippen MR) is 107 cm³/mol. The van der Waals surface area contributed by atoms with E-state index in [2.05, 4.69) is 23.8 Å².